The maximum Gasteiger partial charge on any atom is 0.323 e. The Hall–Kier alpha value is -3.53. The number of nitrogens with zero attached hydrogens (tertiary/aromatic N) is 3. The van der Waals surface area contributed by atoms with Crippen molar-refractivity contribution in [3.8, 4) is 0 Å². The van der Waals surface area contributed by atoms with Crippen LogP contribution < -0.4 is 4.90 Å². The molecule has 1 aliphatic rings. The maximum atomic E-state index is 14.0. The number of aldehydes is 1. The molecule has 1 aliphatic heterocycles. The van der Waals surface area contributed by atoms with Crippen LogP contribution in [0.25, 0.3) is 0 Å². The van der Waals surface area contributed by atoms with Crippen LogP contribution in [0.1, 0.15) is 11.1 Å². The number of hydrogen-bond acceptors (Lipinski definition) is 4. The van der Waals surface area contributed by atoms with Gasteiger partial charge in [-0.3, -0.25) is 19.3 Å². The molecule has 0 saturated heterocycles. The summed E-state index contributed by atoms with van der Waals surface area (Å²) in [6, 6.07) is 6.03. The van der Waals surface area contributed by atoms with E-state index in [9.17, 15) is 33.1 Å². The third kappa shape index (κ3) is 3.77. The molecule has 32 heavy (non-hydrogen) atoms. The van der Waals surface area contributed by atoms with Crippen molar-refractivity contribution in [1.82, 2.24) is 9.80 Å². The topological polar surface area (TPSA) is 98.2 Å². The van der Waals surface area contributed by atoms with Gasteiger partial charge in [0, 0.05) is 30.2 Å². The number of amides is 3. The molecule has 1 N–H and O–H groups in total. The molecule has 0 spiro atoms. The van der Waals surface area contributed by atoms with Gasteiger partial charge in [-0.1, -0.05) is 11.6 Å². The molecule has 0 aromatic heterocycles. The van der Waals surface area contributed by atoms with Crippen LogP contribution in [0.3, 0.4) is 0 Å². The average Bonchev–Trinajstić information content (AvgIpc) is 2.96. The lowest BCUT2D eigenvalue weighted by atomic mass is 9.91. The van der Waals surface area contributed by atoms with Crippen LogP contribution in [-0.2, 0) is 26.5 Å². The Morgan fingerprint density at radius 3 is 2.50 bits per heavy atom. The Morgan fingerprint density at radius 1 is 1.19 bits per heavy atom. The van der Waals surface area contributed by atoms with Gasteiger partial charge in [0.05, 0.1) is 12.2 Å². The zero-order valence-electron chi connectivity index (χ0n) is 17.0. The van der Waals surface area contributed by atoms with Crippen LogP contribution in [0.4, 0.5) is 19.3 Å². The number of aliphatic carboxylic acids is 1. The first kappa shape index (κ1) is 23.1. The van der Waals surface area contributed by atoms with Crippen LogP contribution in [0.15, 0.2) is 36.4 Å². The van der Waals surface area contributed by atoms with E-state index in [2.05, 4.69) is 0 Å². The van der Waals surface area contributed by atoms with Gasteiger partial charge in [-0.05, 0) is 36.4 Å². The fourth-order valence-electron chi connectivity index (χ4n) is 3.68. The number of benzene rings is 2. The van der Waals surface area contributed by atoms with E-state index in [-0.39, 0.29) is 34.7 Å². The summed E-state index contributed by atoms with van der Waals surface area (Å²) in [5.41, 5.74) is -2.15. The van der Waals surface area contributed by atoms with E-state index in [1.807, 2.05) is 0 Å². The van der Waals surface area contributed by atoms with E-state index in [1.54, 1.807) is 0 Å². The van der Waals surface area contributed by atoms with E-state index in [4.69, 9.17) is 11.6 Å². The minimum atomic E-state index is -2.19. The average molecular weight is 466 g/mol. The van der Waals surface area contributed by atoms with Crippen molar-refractivity contribution in [2.24, 2.45) is 0 Å². The summed E-state index contributed by atoms with van der Waals surface area (Å²) in [5.74, 6) is -3.71. The highest BCUT2D eigenvalue weighted by atomic mass is 35.5. The molecule has 11 heteroatoms. The zero-order chi connectivity index (χ0) is 23.8. The Morgan fingerprint density at radius 2 is 1.88 bits per heavy atom. The number of fused-ring (bicyclic) bond motifs is 1. The number of carbonyl (C=O) groups is 4. The summed E-state index contributed by atoms with van der Waals surface area (Å²) in [6.07, 6.45) is 0.237. The van der Waals surface area contributed by atoms with Crippen LogP contribution >= 0.6 is 11.6 Å². The number of rotatable bonds is 6. The molecule has 168 valence electrons. The van der Waals surface area contributed by atoms with Crippen molar-refractivity contribution in [2.45, 2.75) is 12.1 Å². The summed E-state index contributed by atoms with van der Waals surface area (Å²) in [4.78, 5) is 52.7. The number of carboxylic acid groups (broad SMARTS) is 1. The first-order valence-electron chi connectivity index (χ1n) is 9.26. The Labute approximate surface area is 186 Å². The molecule has 1 atom stereocenters. The molecule has 0 unspecified atom stereocenters. The van der Waals surface area contributed by atoms with E-state index in [1.165, 1.54) is 32.3 Å². The van der Waals surface area contributed by atoms with Crippen molar-refractivity contribution < 1.29 is 33.1 Å². The first-order valence-corrected chi connectivity index (χ1v) is 9.63. The summed E-state index contributed by atoms with van der Waals surface area (Å²) < 4.78 is 27.5. The second-order valence-electron chi connectivity index (χ2n) is 7.26. The van der Waals surface area contributed by atoms with Crippen molar-refractivity contribution in [1.29, 1.82) is 0 Å². The highest BCUT2D eigenvalue weighted by Gasteiger charge is 2.56. The maximum absolute atomic E-state index is 14.0. The Kier molecular flexibility index (Phi) is 6.18. The van der Waals surface area contributed by atoms with Crippen LogP contribution in [0, 0.1) is 11.6 Å². The molecule has 3 rings (SSSR count). The van der Waals surface area contributed by atoms with Gasteiger partial charge in [-0.2, -0.15) is 0 Å². The molecule has 3 amide bonds. The first-order chi connectivity index (χ1) is 15.0. The number of carboxylic acids is 1. The Balaban J connectivity index is 2.01. The minimum absolute atomic E-state index is 0.0347. The lowest BCUT2D eigenvalue weighted by molar-refractivity contribution is -0.139. The predicted octanol–water partition coefficient (Wildman–Crippen LogP) is 2.63. The van der Waals surface area contributed by atoms with Crippen LogP contribution in [0.5, 0.6) is 0 Å². The predicted molar refractivity (Wildman–Crippen MR) is 110 cm³/mol. The molecule has 2 aromatic rings. The summed E-state index contributed by atoms with van der Waals surface area (Å²) in [5, 5.41) is 9.36. The second kappa shape index (κ2) is 8.54. The van der Waals surface area contributed by atoms with Gasteiger partial charge in [0.1, 0.15) is 18.2 Å². The monoisotopic (exact) mass is 465 g/mol. The molecule has 0 saturated carbocycles. The molecule has 1 heterocycles. The highest BCUT2D eigenvalue weighted by molar-refractivity contribution is 6.31. The summed E-state index contributed by atoms with van der Waals surface area (Å²) in [6.45, 7) is -1.09. The van der Waals surface area contributed by atoms with Gasteiger partial charge in [0.2, 0.25) is 5.54 Å². The van der Waals surface area contributed by atoms with E-state index >= 15 is 0 Å². The van der Waals surface area contributed by atoms with Gasteiger partial charge in [0.25, 0.3) is 5.91 Å². The lowest BCUT2D eigenvalue weighted by Crippen LogP contribution is -2.57. The smallest absolute Gasteiger partial charge is 0.323 e. The summed E-state index contributed by atoms with van der Waals surface area (Å²) in [7, 11) is 2.47. The lowest BCUT2D eigenvalue weighted by Gasteiger charge is -2.35. The number of likely N-dealkylation sites (N-methyl/N-ethyl adjacent to an activating group) is 1. The molecule has 0 radical (unpaired) electrons. The minimum Gasteiger partial charge on any atom is -0.480 e. The third-order valence-electron chi connectivity index (χ3n) is 5.25. The van der Waals surface area contributed by atoms with Gasteiger partial charge in [-0.25, -0.2) is 13.6 Å². The van der Waals surface area contributed by atoms with Crippen molar-refractivity contribution in [3.63, 3.8) is 0 Å². The number of halogens is 3. The van der Waals surface area contributed by atoms with E-state index in [0.29, 0.717) is 0 Å². The van der Waals surface area contributed by atoms with E-state index < -0.39 is 41.6 Å². The zero-order valence-corrected chi connectivity index (χ0v) is 17.8. The molecular formula is C21H18ClF2N3O5. The van der Waals surface area contributed by atoms with Crippen LogP contribution in [-0.4, -0.2) is 59.7 Å². The Bertz CT molecular complexity index is 1130. The molecule has 0 aliphatic carbocycles. The molecule has 0 bridgehead atoms. The van der Waals surface area contributed by atoms with Crippen molar-refractivity contribution in [2.75, 3.05) is 25.5 Å². The molecule has 2 aromatic carbocycles. The number of anilines is 1. The van der Waals surface area contributed by atoms with Gasteiger partial charge in [-0.15, -0.1) is 0 Å². The quantitative estimate of drug-likeness (QED) is 0.522. The SMILES string of the molecule is CN(Cc1cc(F)ccc1F)C(=O)N(C)[C@@]1(C=O)C(=O)N(CC(=O)O)c2ccc(Cl)cc21. The fourth-order valence-corrected chi connectivity index (χ4v) is 3.86. The highest BCUT2D eigenvalue weighted by Crippen LogP contribution is 2.44. The largest absolute Gasteiger partial charge is 0.480 e. The van der Waals surface area contributed by atoms with E-state index in [0.717, 1.165) is 32.9 Å². The molecule has 0 fully saturated rings. The van der Waals surface area contributed by atoms with Crippen LogP contribution in [0.2, 0.25) is 5.02 Å². The number of urea groups is 1. The normalized spacial score (nSPS) is 17.2. The van der Waals surface area contributed by atoms with Gasteiger partial charge < -0.3 is 14.9 Å². The fraction of sp³-hybridized carbons (Fsp3) is 0.238. The third-order valence-corrected chi connectivity index (χ3v) is 5.49. The molecular weight excluding hydrogens is 448 g/mol. The number of hydrogen-bond donors (Lipinski definition) is 1. The van der Waals surface area contributed by atoms with Gasteiger partial charge >= 0.3 is 12.0 Å². The van der Waals surface area contributed by atoms with Crippen molar-refractivity contribution in [3.05, 3.63) is 64.2 Å². The van der Waals surface area contributed by atoms with Gasteiger partial charge in [0.15, 0.2) is 6.29 Å². The number of carbonyl (C=O) groups excluding carboxylic acids is 3. The van der Waals surface area contributed by atoms with Crippen molar-refractivity contribution >= 4 is 41.5 Å². The molecule has 8 nitrogen and oxygen atoms in total. The second-order valence-corrected chi connectivity index (χ2v) is 7.70. The standard InChI is InChI=1S/C21H18ClF2N3O5/c1-25(9-12-7-14(23)4-5-16(12)24)20(32)26(2)21(11-28)15-8-13(22)3-6-17(15)27(19(21)31)10-18(29)30/h3-8,11H,9-10H2,1-2H3,(H,29,30)/t21-/m1/s1. The summed E-state index contributed by atoms with van der Waals surface area (Å²) >= 11 is 6.04.